The number of aromatic nitrogens is 1. The van der Waals surface area contributed by atoms with Crippen LogP contribution in [0.5, 0.6) is 5.75 Å². The molecule has 0 atom stereocenters. The van der Waals surface area contributed by atoms with Gasteiger partial charge in [0.05, 0.1) is 24.4 Å². The van der Waals surface area contributed by atoms with Crippen LogP contribution < -0.4 is 15.4 Å². The molecule has 31 heavy (non-hydrogen) atoms. The van der Waals surface area contributed by atoms with Crippen molar-refractivity contribution in [2.75, 3.05) is 7.05 Å². The molecule has 0 aliphatic carbocycles. The summed E-state index contributed by atoms with van der Waals surface area (Å²) >= 11 is 0. The Morgan fingerprint density at radius 3 is 2.32 bits per heavy atom. The number of alkyl halides is 3. The molecule has 0 saturated carbocycles. The molecule has 1 aromatic heterocycles. The highest BCUT2D eigenvalue weighted by molar-refractivity contribution is 14.0. The smallest absolute Gasteiger partial charge is 0.416 e. The number of hydrogen-bond donors (Lipinski definition) is 2. The average Bonchev–Trinajstić information content (AvgIpc) is 3.11. The normalized spacial score (nSPS) is 12.5. The van der Waals surface area contributed by atoms with Gasteiger partial charge in [0.15, 0.2) is 5.96 Å². The molecule has 1 aromatic carbocycles. The highest BCUT2D eigenvalue weighted by Crippen LogP contribution is 2.34. The third-order valence-corrected chi connectivity index (χ3v) is 4.13. The highest BCUT2D eigenvalue weighted by Gasteiger charge is 2.34. The second-order valence-corrected chi connectivity index (χ2v) is 8.13. The van der Waals surface area contributed by atoms with Crippen LogP contribution in [0.25, 0.3) is 0 Å². The van der Waals surface area contributed by atoms with Gasteiger partial charge in [-0.15, -0.1) is 24.0 Å². The highest BCUT2D eigenvalue weighted by atomic mass is 127. The van der Waals surface area contributed by atoms with E-state index >= 15 is 0 Å². The molecule has 0 unspecified atom stereocenters. The molecule has 6 nitrogen and oxygen atoms in total. The van der Waals surface area contributed by atoms with E-state index in [0.717, 1.165) is 11.8 Å². The summed E-state index contributed by atoms with van der Waals surface area (Å²) in [5, 5.41) is 5.89. The summed E-state index contributed by atoms with van der Waals surface area (Å²) in [5.74, 6) is 1.73. The van der Waals surface area contributed by atoms with Crippen LogP contribution in [0, 0.1) is 0 Å². The van der Waals surface area contributed by atoms with Gasteiger partial charge < -0.3 is 19.8 Å². The van der Waals surface area contributed by atoms with Gasteiger partial charge in [0.1, 0.15) is 11.5 Å². The fourth-order valence-electron chi connectivity index (χ4n) is 2.62. The van der Waals surface area contributed by atoms with Crippen molar-refractivity contribution in [2.24, 2.45) is 4.99 Å². The number of guanidine groups is 1. The fraction of sp³-hybridized carbons (Fsp3) is 0.524. The number of ether oxygens (including phenoxy) is 1. The first-order valence-corrected chi connectivity index (χ1v) is 9.66. The summed E-state index contributed by atoms with van der Waals surface area (Å²) in [4.78, 5) is 8.25. The summed E-state index contributed by atoms with van der Waals surface area (Å²) in [6, 6.07) is 3.96. The summed E-state index contributed by atoms with van der Waals surface area (Å²) in [7, 11) is 1.54. The van der Waals surface area contributed by atoms with Crippen molar-refractivity contribution in [3.8, 4) is 5.75 Å². The van der Waals surface area contributed by atoms with Crippen LogP contribution in [-0.2, 0) is 24.7 Å². The van der Waals surface area contributed by atoms with Gasteiger partial charge in [0.25, 0.3) is 0 Å². The Bertz CT molecular complexity index is 874. The maximum absolute atomic E-state index is 13.5. The Balaban J connectivity index is 0.00000480. The molecule has 0 radical (unpaired) electrons. The molecule has 0 aliphatic rings. The lowest BCUT2D eigenvalue weighted by atomic mass is 9.94. The molecule has 0 fully saturated rings. The third kappa shape index (κ3) is 8.23. The Kier molecular flexibility index (Phi) is 9.65. The topological polar surface area (TPSA) is 71.7 Å². The van der Waals surface area contributed by atoms with E-state index in [9.17, 15) is 13.2 Å². The number of benzene rings is 1. The fourth-order valence-corrected chi connectivity index (χ4v) is 2.62. The van der Waals surface area contributed by atoms with Gasteiger partial charge in [0, 0.05) is 19.0 Å². The predicted molar refractivity (Wildman–Crippen MR) is 125 cm³/mol. The Labute approximate surface area is 198 Å². The number of nitrogens with one attached hydrogen (secondary N) is 2. The molecule has 2 rings (SSSR count). The van der Waals surface area contributed by atoms with Crippen molar-refractivity contribution < 1.29 is 22.3 Å². The second kappa shape index (κ2) is 11.1. The van der Waals surface area contributed by atoms with E-state index in [1.54, 1.807) is 20.0 Å². The maximum Gasteiger partial charge on any atom is 0.416 e. The molecule has 2 N–H and O–H groups in total. The van der Waals surface area contributed by atoms with Crippen LogP contribution in [0.1, 0.15) is 57.4 Å². The van der Waals surface area contributed by atoms with Gasteiger partial charge in [0.2, 0.25) is 5.89 Å². The van der Waals surface area contributed by atoms with E-state index < -0.39 is 11.7 Å². The quantitative estimate of drug-likeness (QED) is 0.290. The Morgan fingerprint density at radius 2 is 1.81 bits per heavy atom. The lowest BCUT2D eigenvalue weighted by molar-refractivity contribution is -0.138. The summed E-state index contributed by atoms with van der Waals surface area (Å²) in [6.45, 7) is 9.76. The van der Waals surface area contributed by atoms with E-state index in [1.807, 2.05) is 20.8 Å². The Hall–Kier alpha value is -1.98. The molecule has 0 bridgehead atoms. The van der Waals surface area contributed by atoms with Crippen LogP contribution in [0.4, 0.5) is 13.2 Å². The minimum atomic E-state index is -4.49. The maximum atomic E-state index is 13.5. The number of rotatable bonds is 6. The van der Waals surface area contributed by atoms with Crippen molar-refractivity contribution in [3.05, 3.63) is 47.2 Å². The van der Waals surface area contributed by atoms with E-state index in [0.29, 0.717) is 11.9 Å². The predicted octanol–water partition coefficient (Wildman–Crippen LogP) is 5.26. The van der Waals surface area contributed by atoms with Gasteiger partial charge in [-0.25, -0.2) is 4.98 Å². The molecule has 2 aromatic rings. The first kappa shape index (κ1) is 27.1. The van der Waals surface area contributed by atoms with Crippen LogP contribution in [0.3, 0.4) is 0 Å². The zero-order valence-electron chi connectivity index (χ0n) is 18.6. The number of oxazole rings is 1. The standard InChI is InChI=1S/C21H29F3N4O2.HI/c1-13(2)29-15-8-7-14(16(9-15)21(22,23)24)10-27-19(25-6)28-12-18-26-11-17(30-18)20(3,4)5;/h7-9,11,13H,10,12H2,1-6H3,(H2,25,27,28);1H. The van der Waals surface area contributed by atoms with Crippen molar-refractivity contribution >= 4 is 29.9 Å². The molecular formula is C21H30F3IN4O2. The largest absolute Gasteiger partial charge is 0.491 e. The van der Waals surface area contributed by atoms with Crippen molar-refractivity contribution in [3.63, 3.8) is 0 Å². The monoisotopic (exact) mass is 554 g/mol. The van der Waals surface area contributed by atoms with Crippen molar-refractivity contribution in [1.82, 2.24) is 15.6 Å². The van der Waals surface area contributed by atoms with Crippen LogP contribution in [0.2, 0.25) is 0 Å². The molecule has 10 heteroatoms. The minimum absolute atomic E-state index is 0. The van der Waals surface area contributed by atoms with Crippen LogP contribution in [-0.4, -0.2) is 24.1 Å². The van der Waals surface area contributed by atoms with Crippen molar-refractivity contribution in [2.45, 2.75) is 65.4 Å². The Morgan fingerprint density at radius 1 is 1.16 bits per heavy atom. The molecular weight excluding hydrogens is 524 g/mol. The molecule has 1 heterocycles. The number of hydrogen-bond acceptors (Lipinski definition) is 4. The number of nitrogens with zero attached hydrogens (tertiary/aromatic N) is 2. The van der Waals surface area contributed by atoms with Gasteiger partial charge in [-0.2, -0.15) is 13.2 Å². The molecule has 174 valence electrons. The van der Waals surface area contributed by atoms with Crippen molar-refractivity contribution in [1.29, 1.82) is 0 Å². The molecule has 0 spiro atoms. The van der Waals surface area contributed by atoms with E-state index in [4.69, 9.17) is 9.15 Å². The van der Waals surface area contributed by atoms with Gasteiger partial charge >= 0.3 is 6.18 Å². The SMILES string of the molecule is CN=C(NCc1ncc(C(C)(C)C)o1)NCc1ccc(OC(C)C)cc1C(F)(F)F.I. The van der Waals surface area contributed by atoms with E-state index in [1.165, 1.54) is 19.2 Å². The lowest BCUT2D eigenvalue weighted by Gasteiger charge is -2.18. The summed E-state index contributed by atoms with van der Waals surface area (Å²) in [5.41, 5.74) is -0.816. The zero-order valence-corrected chi connectivity index (χ0v) is 20.9. The molecule has 0 amide bonds. The molecule has 0 aliphatic heterocycles. The van der Waals surface area contributed by atoms with Gasteiger partial charge in [-0.1, -0.05) is 26.8 Å². The average molecular weight is 554 g/mol. The zero-order chi connectivity index (χ0) is 22.5. The van der Waals surface area contributed by atoms with E-state index in [2.05, 4.69) is 20.6 Å². The lowest BCUT2D eigenvalue weighted by Crippen LogP contribution is -2.36. The summed E-state index contributed by atoms with van der Waals surface area (Å²) in [6.07, 6.45) is -3.04. The first-order valence-electron chi connectivity index (χ1n) is 9.66. The van der Waals surface area contributed by atoms with Gasteiger partial charge in [-0.05, 0) is 31.5 Å². The minimum Gasteiger partial charge on any atom is -0.491 e. The van der Waals surface area contributed by atoms with Gasteiger partial charge in [-0.3, -0.25) is 4.99 Å². The first-order chi connectivity index (χ1) is 13.9. The second-order valence-electron chi connectivity index (χ2n) is 8.13. The third-order valence-electron chi connectivity index (χ3n) is 4.13. The molecule has 0 saturated heterocycles. The summed E-state index contributed by atoms with van der Waals surface area (Å²) < 4.78 is 51.6. The number of halogens is 4. The van der Waals surface area contributed by atoms with E-state index in [-0.39, 0.29) is 59.9 Å². The van der Waals surface area contributed by atoms with Crippen LogP contribution >= 0.6 is 24.0 Å². The number of aliphatic imine (C=N–C) groups is 1. The van der Waals surface area contributed by atoms with Crippen LogP contribution in [0.15, 0.2) is 33.8 Å².